The van der Waals surface area contributed by atoms with Gasteiger partial charge in [-0.2, -0.15) is 0 Å². The molecule has 1 saturated heterocycles. The molecule has 3 N–H and O–H groups in total. The number of hydrazine groups is 1. The Labute approximate surface area is 124 Å². The van der Waals surface area contributed by atoms with Gasteiger partial charge in [0.15, 0.2) is 9.84 Å². The maximum Gasteiger partial charge on any atom is 0.150 e. The molecular formula is C13H23N3O2S2. The van der Waals surface area contributed by atoms with Crippen LogP contribution in [0.25, 0.3) is 0 Å². The van der Waals surface area contributed by atoms with E-state index in [-0.39, 0.29) is 28.9 Å². The van der Waals surface area contributed by atoms with Gasteiger partial charge in [-0.25, -0.2) is 13.4 Å². The van der Waals surface area contributed by atoms with E-state index in [1.54, 1.807) is 11.3 Å². The molecule has 20 heavy (non-hydrogen) atoms. The fourth-order valence-electron chi connectivity index (χ4n) is 2.44. The van der Waals surface area contributed by atoms with Crippen LogP contribution in [0.15, 0.2) is 5.38 Å². The average molecular weight is 317 g/mol. The second-order valence-electron chi connectivity index (χ2n) is 6.52. The lowest BCUT2D eigenvalue weighted by atomic mass is 9.93. The van der Waals surface area contributed by atoms with E-state index in [1.165, 1.54) is 0 Å². The van der Waals surface area contributed by atoms with E-state index in [0.29, 0.717) is 12.8 Å². The molecule has 1 aliphatic rings. The van der Waals surface area contributed by atoms with Gasteiger partial charge >= 0.3 is 0 Å². The summed E-state index contributed by atoms with van der Waals surface area (Å²) in [6.45, 7) is 6.40. The van der Waals surface area contributed by atoms with Crippen LogP contribution in [0.1, 0.15) is 37.9 Å². The fraction of sp³-hybridized carbons (Fsp3) is 0.769. The van der Waals surface area contributed by atoms with Crippen molar-refractivity contribution in [2.24, 2.45) is 11.8 Å². The highest BCUT2D eigenvalue weighted by molar-refractivity contribution is 7.91. The molecular weight excluding hydrogens is 294 g/mol. The number of sulfone groups is 1. The molecule has 0 radical (unpaired) electrons. The predicted octanol–water partition coefficient (Wildman–Crippen LogP) is 1.25. The molecule has 2 heterocycles. The topological polar surface area (TPSA) is 85.1 Å². The molecule has 2 unspecified atom stereocenters. The number of hydrogen-bond donors (Lipinski definition) is 2. The van der Waals surface area contributed by atoms with E-state index >= 15 is 0 Å². The first-order valence-electron chi connectivity index (χ1n) is 6.83. The van der Waals surface area contributed by atoms with Gasteiger partial charge < -0.3 is 0 Å². The van der Waals surface area contributed by atoms with E-state index in [4.69, 9.17) is 5.84 Å². The van der Waals surface area contributed by atoms with Crippen molar-refractivity contribution < 1.29 is 8.42 Å². The van der Waals surface area contributed by atoms with Crippen molar-refractivity contribution in [1.29, 1.82) is 0 Å². The Balaban J connectivity index is 2.06. The number of thiazole rings is 1. The van der Waals surface area contributed by atoms with Crippen LogP contribution in [0, 0.1) is 5.92 Å². The molecule has 0 spiro atoms. The van der Waals surface area contributed by atoms with Gasteiger partial charge in [-0.05, 0) is 12.3 Å². The van der Waals surface area contributed by atoms with Crippen molar-refractivity contribution in [2.45, 2.75) is 45.1 Å². The number of aromatic nitrogens is 1. The first-order chi connectivity index (χ1) is 9.21. The van der Waals surface area contributed by atoms with Crippen LogP contribution in [0.4, 0.5) is 0 Å². The van der Waals surface area contributed by atoms with Gasteiger partial charge in [0.1, 0.15) is 0 Å². The molecule has 1 aromatic heterocycles. The Morgan fingerprint density at radius 3 is 2.70 bits per heavy atom. The van der Waals surface area contributed by atoms with Crippen molar-refractivity contribution in [3.63, 3.8) is 0 Å². The zero-order valence-corrected chi connectivity index (χ0v) is 13.9. The average Bonchev–Trinajstić information content (AvgIpc) is 2.91. The van der Waals surface area contributed by atoms with Crippen LogP contribution >= 0.6 is 11.3 Å². The summed E-state index contributed by atoms with van der Waals surface area (Å²) in [5.74, 6) is 6.22. The minimum atomic E-state index is -2.87. The van der Waals surface area contributed by atoms with E-state index in [1.807, 2.05) is 0 Å². The number of rotatable bonds is 4. The highest BCUT2D eigenvalue weighted by Crippen LogP contribution is 2.27. The third kappa shape index (κ3) is 3.78. The van der Waals surface area contributed by atoms with Crippen LogP contribution in [-0.4, -0.2) is 30.9 Å². The monoisotopic (exact) mass is 317 g/mol. The number of hydrogen-bond acceptors (Lipinski definition) is 6. The van der Waals surface area contributed by atoms with Gasteiger partial charge in [-0.15, -0.1) is 11.3 Å². The summed E-state index contributed by atoms with van der Waals surface area (Å²) >= 11 is 1.62. The SMILES string of the molecule is CC(C)(C)c1csc(CC(NN)C2CCS(=O)(=O)C2)n1. The molecule has 0 aliphatic carbocycles. The van der Waals surface area contributed by atoms with Crippen LogP contribution in [0.3, 0.4) is 0 Å². The number of nitrogens with two attached hydrogens (primary N) is 1. The number of nitrogens with zero attached hydrogens (tertiary/aromatic N) is 1. The van der Waals surface area contributed by atoms with Gasteiger partial charge in [0.2, 0.25) is 0 Å². The fourth-order valence-corrected chi connectivity index (χ4v) is 5.40. The Kier molecular flexibility index (Phi) is 4.53. The van der Waals surface area contributed by atoms with E-state index in [9.17, 15) is 8.42 Å². The lowest BCUT2D eigenvalue weighted by Gasteiger charge is -2.20. The maximum absolute atomic E-state index is 11.6. The Morgan fingerprint density at radius 2 is 2.25 bits per heavy atom. The second-order valence-corrected chi connectivity index (χ2v) is 9.69. The summed E-state index contributed by atoms with van der Waals surface area (Å²) in [6, 6.07) is -0.0220. The summed E-state index contributed by atoms with van der Waals surface area (Å²) in [5.41, 5.74) is 3.90. The lowest BCUT2D eigenvalue weighted by molar-refractivity contribution is 0.384. The highest BCUT2D eigenvalue weighted by atomic mass is 32.2. The van der Waals surface area contributed by atoms with E-state index in [2.05, 4.69) is 36.6 Å². The molecule has 2 atom stereocenters. The van der Waals surface area contributed by atoms with E-state index < -0.39 is 9.84 Å². The van der Waals surface area contributed by atoms with Gasteiger partial charge in [0.05, 0.1) is 22.2 Å². The minimum absolute atomic E-state index is 0.0220. The van der Waals surface area contributed by atoms with Crippen molar-refractivity contribution in [3.8, 4) is 0 Å². The number of nitrogens with one attached hydrogen (secondary N) is 1. The third-order valence-corrected chi connectivity index (χ3v) is 6.43. The molecule has 7 heteroatoms. The molecule has 0 amide bonds. The predicted molar refractivity (Wildman–Crippen MR) is 82.4 cm³/mol. The summed E-state index contributed by atoms with van der Waals surface area (Å²) in [6.07, 6.45) is 1.38. The quantitative estimate of drug-likeness (QED) is 0.645. The lowest BCUT2D eigenvalue weighted by Crippen LogP contribution is -2.43. The van der Waals surface area contributed by atoms with E-state index in [0.717, 1.165) is 10.7 Å². The Hall–Kier alpha value is -0.500. The molecule has 1 aliphatic heterocycles. The summed E-state index contributed by atoms with van der Waals surface area (Å²) < 4.78 is 23.1. The standard InChI is InChI=1S/C13H23N3O2S2/c1-13(2,3)11-7-19-12(15-11)6-10(16-14)9-4-5-20(17,18)8-9/h7,9-10,16H,4-6,8,14H2,1-3H3. The third-order valence-electron chi connectivity index (χ3n) is 3.77. The van der Waals surface area contributed by atoms with Crippen molar-refractivity contribution in [2.75, 3.05) is 11.5 Å². The molecule has 1 fully saturated rings. The molecule has 1 aromatic rings. The zero-order valence-electron chi connectivity index (χ0n) is 12.2. The van der Waals surface area contributed by atoms with Crippen LogP contribution in [0.2, 0.25) is 0 Å². The zero-order chi connectivity index (χ0) is 15.0. The summed E-state index contributed by atoms with van der Waals surface area (Å²) in [5, 5.41) is 3.09. The van der Waals surface area contributed by atoms with Crippen LogP contribution < -0.4 is 11.3 Å². The second kappa shape index (κ2) is 5.71. The smallest absolute Gasteiger partial charge is 0.150 e. The molecule has 114 valence electrons. The van der Waals surface area contributed by atoms with Crippen molar-refractivity contribution in [1.82, 2.24) is 10.4 Å². The van der Waals surface area contributed by atoms with Crippen LogP contribution in [-0.2, 0) is 21.7 Å². The highest BCUT2D eigenvalue weighted by Gasteiger charge is 2.33. The first kappa shape index (κ1) is 15.9. The molecule has 5 nitrogen and oxygen atoms in total. The first-order valence-corrected chi connectivity index (χ1v) is 9.53. The summed E-state index contributed by atoms with van der Waals surface area (Å²) in [7, 11) is -2.87. The Morgan fingerprint density at radius 1 is 1.55 bits per heavy atom. The summed E-state index contributed by atoms with van der Waals surface area (Å²) in [4.78, 5) is 4.65. The largest absolute Gasteiger partial charge is 0.271 e. The van der Waals surface area contributed by atoms with Gasteiger partial charge in [-0.3, -0.25) is 11.3 Å². The molecule has 0 bridgehead atoms. The molecule has 2 rings (SSSR count). The molecule has 0 aromatic carbocycles. The van der Waals surface area contributed by atoms with Gasteiger partial charge in [0.25, 0.3) is 0 Å². The Bertz CT molecular complexity index is 560. The van der Waals surface area contributed by atoms with Crippen molar-refractivity contribution >= 4 is 21.2 Å². The van der Waals surface area contributed by atoms with Crippen molar-refractivity contribution in [3.05, 3.63) is 16.1 Å². The normalized spacial score (nSPS) is 23.9. The van der Waals surface area contributed by atoms with Crippen LogP contribution in [0.5, 0.6) is 0 Å². The van der Waals surface area contributed by atoms with Gasteiger partial charge in [0, 0.05) is 23.3 Å². The van der Waals surface area contributed by atoms with Gasteiger partial charge in [-0.1, -0.05) is 20.8 Å². The molecule has 0 saturated carbocycles. The maximum atomic E-state index is 11.6. The minimum Gasteiger partial charge on any atom is -0.271 e.